The van der Waals surface area contributed by atoms with E-state index in [4.69, 9.17) is 0 Å². The first-order chi connectivity index (χ1) is 11.8. The Hall–Kier alpha value is -2.52. The van der Waals surface area contributed by atoms with Crippen molar-refractivity contribution in [3.8, 4) is 0 Å². The van der Waals surface area contributed by atoms with Crippen LogP contribution in [0.25, 0.3) is 10.8 Å². The molecule has 0 aliphatic rings. The van der Waals surface area contributed by atoms with Crippen molar-refractivity contribution in [2.24, 2.45) is 0 Å². The van der Waals surface area contributed by atoms with Crippen molar-refractivity contribution in [1.82, 2.24) is 5.32 Å². The summed E-state index contributed by atoms with van der Waals surface area (Å²) in [6, 6.07) is 22.2. The quantitative estimate of drug-likeness (QED) is 0.505. The molecular formula is C21H19NOS. The van der Waals surface area contributed by atoms with Gasteiger partial charge in [-0.3, -0.25) is 4.79 Å². The summed E-state index contributed by atoms with van der Waals surface area (Å²) in [7, 11) is 0. The second kappa shape index (κ2) is 7.84. The summed E-state index contributed by atoms with van der Waals surface area (Å²) < 4.78 is 0. The maximum Gasteiger partial charge on any atom is 0.252 e. The monoisotopic (exact) mass is 333 g/mol. The van der Waals surface area contributed by atoms with Crippen molar-refractivity contribution in [3.63, 3.8) is 0 Å². The average molecular weight is 333 g/mol. The lowest BCUT2D eigenvalue weighted by Gasteiger charge is -2.10. The Balaban J connectivity index is 1.71. The molecule has 24 heavy (non-hydrogen) atoms. The molecule has 3 heteroatoms. The second-order valence-corrected chi connectivity index (χ2v) is 6.52. The van der Waals surface area contributed by atoms with Gasteiger partial charge in [-0.1, -0.05) is 54.6 Å². The molecule has 1 N–H and O–H groups in total. The lowest BCUT2D eigenvalue weighted by Crippen LogP contribution is -2.23. The van der Waals surface area contributed by atoms with E-state index in [0.717, 1.165) is 16.2 Å². The second-order valence-electron chi connectivity index (χ2n) is 5.46. The summed E-state index contributed by atoms with van der Waals surface area (Å²) in [5.74, 6) is 0.741. The van der Waals surface area contributed by atoms with Gasteiger partial charge < -0.3 is 5.32 Å². The summed E-state index contributed by atoms with van der Waals surface area (Å²) in [5.41, 5.74) is 1.81. The fourth-order valence-electron chi connectivity index (χ4n) is 2.56. The first-order valence-electron chi connectivity index (χ1n) is 7.86. The van der Waals surface area contributed by atoms with Gasteiger partial charge in [0, 0.05) is 17.2 Å². The van der Waals surface area contributed by atoms with Crippen LogP contribution >= 0.6 is 11.8 Å². The lowest BCUT2D eigenvalue weighted by molar-refractivity contribution is 0.0948. The van der Waals surface area contributed by atoms with Crippen LogP contribution in [0.2, 0.25) is 0 Å². The van der Waals surface area contributed by atoms with Gasteiger partial charge in [0.1, 0.15) is 0 Å². The van der Waals surface area contributed by atoms with Crippen LogP contribution in [-0.2, 0) is 6.54 Å². The van der Waals surface area contributed by atoms with E-state index in [1.807, 2.05) is 42.5 Å². The van der Waals surface area contributed by atoms with Crippen molar-refractivity contribution in [2.75, 3.05) is 5.75 Å². The number of hydrogen-bond donors (Lipinski definition) is 1. The standard InChI is InChI=1S/C21H19NOS/c1-2-13-24-20-10-6-5-9-19(20)21(23)22-15-16-11-12-17-7-3-4-8-18(17)14-16/h2-12,14H,1,13,15H2,(H,22,23). The van der Waals surface area contributed by atoms with Gasteiger partial charge >= 0.3 is 0 Å². The third kappa shape index (κ3) is 3.87. The molecule has 0 fully saturated rings. The fourth-order valence-corrected chi connectivity index (χ4v) is 3.34. The highest BCUT2D eigenvalue weighted by Crippen LogP contribution is 2.23. The molecule has 0 saturated heterocycles. The summed E-state index contributed by atoms with van der Waals surface area (Å²) >= 11 is 1.62. The Labute approximate surface area is 146 Å². The predicted octanol–water partition coefficient (Wildman–Crippen LogP) is 5.05. The molecule has 0 atom stereocenters. The molecule has 3 aromatic carbocycles. The number of hydrogen-bond acceptors (Lipinski definition) is 2. The molecule has 0 aliphatic heterocycles. The average Bonchev–Trinajstić information content (AvgIpc) is 2.64. The largest absolute Gasteiger partial charge is 0.348 e. The number of carbonyl (C=O) groups is 1. The number of amides is 1. The Bertz CT molecular complexity index is 872. The van der Waals surface area contributed by atoms with Crippen LogP contribution in [0.3, 0.4) is 0 Å². The van der Waals surface area contributed by atoms with E-state index in [1.54, 1.807) is 11.8 Å². The van der Waals surface area contributed by atoms with Crippen molar-refractivity contribution in [3.05, 3.63) is 90.5 Å². The van der Waals surface area contributed by atoms with E-state index in [2.05, 4.69) is 42.2 Å². The predicted molar refractivity (Wildman–Crippen MR) is 102 cm³/mol. The fraction of sp³-hybridized carbons (Fsp3) is 0.0952. The van der Waals surface area contributed by atoms with Crippen LogP contribution in [0.5, 0.6) is 0 Å². The van der Waals surface area contributed by atoms with Crippen LogP contribution in [0.1, 0.15) is 15.9 Å². The maximum atomic E-state index is 12.5. The molecule has 0 unspecified atom stereocenters. The van der Waals surface area contributed by atoms with Gasteiger partial charge in [-0.2, -0.15) is 0 Å². The maximum absolute atomic E-state index is 12.5. The zero-order chi connectivity index (χ0) is 16.8. The van der Waals surface area contributed by atoms with Gasteiger partial charge in [0.25, 0.3) is 5.91 Å². The van der Waals surface area contributed by atoms with E-state index in [-0.39, 0.29) is 5.91 Å². The molecule has 0 radical (unpaired) electrons. The molecule has 3 aromatic rings. The van der Waals surface area contributed by atoms with Gasteiger partial charge in [0.2, 0.25) is 0 Å². The number of nitrogens with one attached hydrogen (secondary N) is 1. The summed E-state index contributed by atoms with van der Waals surface area (Å²) in [5, 5.41) is 5.41. The Kier molecular flexibility index (Phi) is 5.34. The third-order valence-corrected chi connectivity index (χ3v) is 4.82. The van der Waals surface area contributed by atoms with Crippen LogP contribution in [-0.4, -0.2) is 11.7 Å². The Morgan fingerprint density at radius 3 is 2.58 bits per heavy atom. The van der Waals surface area contributed by atoms with Crippen molar-refractivity contribution in [2.45, 2.75) is 11.4 Å². The van der Waals surface area contributed by atoms with Gasteiger partial charge in [0.05, 0.1) is 5.56 Å². The summed E-state index contributed by atoms with van der Waals surface area (Å²) in [6.45, 7) is 4.25. The Morgan fingerprint density at radius 2 is 1.75 bits per heavy atom. The Morgan fingerprint density at radius 1 is 1.00 bits per heavy atom. The van der Waals surface area contributed by atoms with Crippen molar-refractivity contribution < 1.29 is 4.79 Å². The SMILES string of the molecule is C=CCSc1ccccc1C(=O)NCc1ccc2ccccc2c1. The lowest BCUT2D eigenvalue weighted by atomic mass is 10.1. The minimum Gasteiger partial charge on any atom is -0.348 e. The van der Waals surface area contributed by atoms with E-state index in [1.165, 1.54) is 10.8 Å². The highest BCUT2D eigenvalue weighted by molar-refractivity contribution is 7.99. The van der Waals surface area contributed by atoms with Crippen molar-refractivity contribution >= 4 is 28.4 Å². The highest BCUT2D eigenvalue weighted by atomic mass is 32.2. The minimum absolute atomic E-state index is 0.0460. The zero-order valence-electron chi connectivity index (χ0n) is 13.4. The molecule has 0 saturated carbocycles. The number of rotatable bonds is 6. The van der Waals surface area contributed by atoms with Gasteiger partial charge in [-0.25, -0.2) is 0 Å². The minimum atomic E-state index is -0.0460. The van der Waals surface area contributed by atoms with Crippen LogP contribution in [0.4, 0.5) is 0 Å². The van der Waals surface area contributed by atoms with E-state index in [0.29, 0.717) is 12.1 Å². The highest BCUT2D eigenvalue weighted by Gasteiger charge is 2.10. The molecule has 0 spiro atoms. The van der Waals surface area contributed by atoms with Gasteiger partial charge in [-0.05, 0) is 34.5 Å². The zero-order valence-corrected chi connectivity index (χ0v) is 14.2. The smallest absolute Gasteiger partial charge is 0.252 e. The van der Waals surface area contributed by atoms with E-state index >= 15 is 0 Å². The molecule has 120 valence electrons. The summed E-state index contributed by atoms with van der Waals surface area (Å²) in [6.07, 6.45) is 1.84. The number of carbonyl (C=O) groups excluding carboxylic acids is 1. The normalized spacial score (nSPS) is 10.5. The molecule has 0 aliphatic carbocycles. The molecule has 3 rings (SSSR count). The number of fused-ring (bicyclic) bond motifs is 1. The summed E-state index contributed by atoms with van der Waals surface area (Å²) in [4.78, 5) is 13.5. The molecule has 0 heterocycles. The van der Waals surface area contributed by atoms with Crippen LogP contribution in [0.15, 0.2) is 84.3 Å². The van der Waals surface area contributed by atoms with Gasteiger partial charge in [-0.15, -0.1) is 18.3 Å². The first-order valence-corrected chi connectivity index (χ1v) is 8.85. The molecule has 2 nitrogen and oxygen atoms in total. The van der Waals surface area contributed by atoms with Crippen molar-refractivity contribution in [1.29, 1.82) is 0 Å². The number of thioether (sulfide) groups is 1. The molecule has 0 bridgehead atoms. The molecule has 0 aromatic heterocycles. The van der Waals surface area contributed by atoms with Gasteiger partial charge in [0.15, 0.2) is 0 Å². The topological polar surface area (TPSA) is 29.1 Å². The van der Waals surface area contributed by atoms with E-state index < -0.39 is 0 Å². The molecular weight excluding hydrogens is 314 g/mol. The van der Waals surface area contributed by atoms with E-state index in [9.17, 15) is 4.79 Å². The van der Waals surface area contributed by atoms with Crippen LogP contribution < -0.4 is 5.32 Å². The molecule has 1 amide bonds. The third-order valence-electron chi connectivity index (χ3n) is 3.76. The first kappa shape index (κ1) is 16.3. The number of benzene rings is 3. The van der Waals surface area contributed by atoms with Crippen LogP contribution in [0, 0.1) is 0 Å².